The third-order valence-corrected chi connectivity index (χ3v) is 7.78. The molecule has 33 heavy (non-hydrogen) atoms. The SMILES string of the molecule is Cc1ccc(O)cc1[C@@]12Cc3[nH]c(=O)c(C(N)=O)cc3C[C@@]1(O)[C@H]1C(CN1CC(F)(F)F)C2. The Morgan fingerprint density at radius 2 is 2.03 bits per heavy atom. The van der Waals surface area contributed by atoms with Crippen LogP contribution in [-0.4, -0.2) is 56.9 Å². The summed E-state index contributed by atoms with van der Waals surface area (Å²) in [6.45, 7) is 0.897. The molecule has 1 amide bonds. The molecule has 1 saturated carbocycles. The lowest BCUT2D eigenvalue weighted by Gasteiger charge is -2.54. The Balaban J connectivity index is 1.70. The first kappa shape index (κ1) is 22.0. The number of likely N-dealkylation sites (tertiary alicyclic amines) is 1. The van der Waals surface area contributed by atoms with Crippen LogP contribution < -0.4 is 11.3 Å². The van der Waals surface area contributed by atoms with Crippen LogP contribution in [0.2, 0.25) is 0 Å². The fourth-order valence-electron chi connectivity index (χ4n) is 6.61. The number of benzene rings is 1. The number of rotatable bonds is 3. The number of amides is 1. The Morgan fingerprint density at radius 3 is 2.70 bits per heavy atom. The number of aromatic hydroxyl groups is 1. The lowest BCUT2D eigenvalue weighted by atomic mass is 9.59. The molecule has 0 radical (unpaired) electrons. The summed E-state index contributed by atoms with van der Waals surface area (Å²) in [5, 5.41) is 22.4. The molecule has 176 valence electrons. The summed E-state index contributed by atoms with van der Waals surface area (Å²) in [6, 6.07) is 5.37. The van der Waals surface area contributed by atoms with Crippen molar-refractivity contribution in [1.82, 2.24) is 9.88 Å². The molecule has 0 bridgehead atoms. The Morgan fingerprint density at radius 1 is 1.30 bits per heavy atom. The van der Waals surface area contributed by atoms with Gasteiger partial charge in [-0.05, 0) is 54.2 Å². The third kappa shape index (κ3) is 3.11. The first-order valence-electron chi connectivity index (χ1n) is 10.7. The van der Waals surface area contributed by atoms with Crippen LogP contribution in [0.5, 0.6) is 5.75 Å². The summed E-state index contributed by atoms with van der Waals surface area (Å²) in [5.74, 6) is -1.11. The highest BCUT2D eigenvalue weighted by molar-refractivity contribution is 5.92. The van der Waals surface area contributed by atoms with E-state index in [1.165, 1.54) is 17.0 Å². The van der Waals surface area contributed by atoms with E-state index in [2.05, 4.69) is 4.98 Å². The number of nitrogens with zero attached hydrogens (tertiary/aromatic N) is 1. The number of halogens is 3. The highest BCUT2D eigenvalue weighted by Gasteiger charge is 2.71. The van der Waals surface area contributed by atoms with Gasteiger partial charge in [-0.15, -0.1) is 0 Å². The average molecular weight is 463 g/mol. The number of aromatic amines is 1. The number of hydrogen-bond donors (Lipinski definition) is 4. The van der Waals surface area contributed by atoms with Crippen LogP contribution in [0.25, 0.3) is 0 Å². The molecule has 10 heteroatoms. The minimum Gasteiger partial charge on any atom is -0.508 e. The minimum atomic E-state index is -4.41. The highest BCUT2D eigenvalue weighted by atomic mass is 19.4. The van der Waals surface area contributed by atoms with Crippen LogP contribution in [0.4, 0.5) is 13.2 Å². The van der Waals surface area contributed by atoms with E-state index in [-0.39, 0.29) is 36.6 Å². The van der Waals surface area contributed by atoms with E-state index in [0.717, 1.165) is 5.56 Å². The number of nitrogens with one attached hydrogen (secondary N) is 1. The second kappa shape index (κ2) is 6.83. The summed E-state index contributed by atoms with van der Waals surface area (Å²) < 4.78 is 39.7. The number of primary amides is 1. The Bertz CT molecular complexity index is 1230. The van der Waals surface area contributed by atoms with Gasteiger partial charge in [-0.25, -0.2) is 0 Å². The Labute approximate surface area is 187 Å². The number of aromatic nitrogens is 1. The Kier molecular flexibility index (Phi) is 4.55. The molecule has 2 fully saturated rings. The molecular weight excluding hydrogens is 439 g/mol. The van der Waals surface area contributed by atoms with Gasteiger partial charge in [0.25, 0.3) is 11.5 Å². The van der Waals surface area contributed by atoms with Crippen molar-refractivity contribution in [3.63, 3.8) is 0 Å². The molecule has 2 heterocycles. The smallest absolute Gasteiger partial charge is 0.401 e. The van der Waals surface area contributed by atoms with Gasteiger partial charge in [0.05, 0.1) is 12.1 Å². The zero-order valence-electron chi connectivity index (χ0n) is 17.9. The zero-order valence-corrected chi connectivity index (χ0v) is 17.9. The van der Waals surface area contributed by atoms with Gasteiger partial charge < -0.3 is 20.9 Å². The monoisotopic (exact) mass is 463 g/mol. The number of alkyl halides is 3. The van der Waals surface area contributed by atoms with E-state index in [1.807, 2.05) is 6.92 Å². The number of phenols is 1. The molecule has 1 aromatic heterocycles. The number of aliphatic hydroxyl groups is 1. The molecule has 1 unspecified atom stereocenters. The minimum absolute atomic E-state index is 0.0120. The van der Waals surface area contributed by atoms with E-state index in [1.54, 1.807) is 12.1 Å². The molecule has 5 N–H and O–H groups in total. The number of carbonyl (C=O) groups excluding carboxylic acids is 1. The summed E-state index contributed by atoms with van der Waals surface area (Å²) in [4.78, 5) is 28.1. The van der Waals surface area contributed by atoms with Crippen molar-refractivity contribution in [2.24, 2.45) is 11.7 Å². The molecule has 2 aliphatic carbocycles. The number of nitrogens with two attached hydrogens (primary N) is 1. The van der Waals surface area contributed by atoms with Gasteiger partial charge in [0, 0.05) is 36.5 Å². The molecule has 1 aromatic carbocycles. The maximum absolute atomic E-state index is 13.2. The second-order valence-electron chi connectivity index (χ2n) is 9.69. The van der Waals surface area contributed by atoms with Crippen LogP contribution >= 0.6 is 0 Å². The topological polar surface area (TPSA) is 120 Å². The first-order valence-corrected chi connectivity index (χ1v) is 10.7. The lowest BCUT2D eigenvalue weighted by molar-refractivity contribution is -0.191. The van der Waals surface area contributed by atoms with Gasteiger partial charge in [-0.1, -0.05) is 6.07 Å². The zero-order chi connectivity index (χ0) is 23.9. The molecule has 1 aliphatic heterocycles. The van der Waals surface area contributed by atoms with Gasteiger partial charge in [-0.3, -0.25) is 14.5 Å². The molecule has 1 saturated heterocycles. The van der Waals surface area contributed by atoms with Crippen molar-refractivity contribution in [3.8, 4) is 5.75 Å². The van der Waals surface area contributed by atoms with Crippen LogP contribution in [0.3, 0.4) is 0 Å². The van der Waals surface area contributed by atoms with Gasteiger partial charge in [0.1, 0.15) is 11.3 Å². The number of carbonyl (C=O) groups is 1. The fourth-order valence-corrected chi connectivity index (χ4v) is 6.61. The molecule has 3 aliphatic rings. The molecular formula is C23H24F3N3O4. The molecule has 2 aromatic rings. The summed E-state index contributed by atoms with van der Waals surface area (Å²) in [5.41, 5.74) is 4.22. The number of phenolic OH excluding ortho intramolecular Hbond substituents is 1. The summed E-state index contributed by atoms with van der Waals surface area (Å²) >= 11 is 0. The van der Waals surface area contributed by atoms with E-state index in [0.29, 0.717) is 23.2 Å². The number of aryl methyl sites for hydroxylation is 1. The maximum Gasteiger partial charge on any atom is 0.401 e. The van der Waals surface area contributed by atoms with Crippen molar-refractivity contribution in [3.05, 3.63) is 62.6 Å². The maximum atomic E-state index is 13.2. The summed E-state index contributed by atoms with van der Waals surface area (Å²) in [7, 11) is 0. The fraction of sp³-hybridized carbons (Fsp3) is 0.478. The molecule has 7 nitrogen and oxygen atoms in total. The predicted octanol–water partition coefficient (Wildman–Crippen LogP) is 1.52. The quantitative estimate of drug-likeness (QED) is 0.550. The van der Waals surface area contributed by atoms with Crippen LogP contribution in [0.15, 0.2) is 29.1 Å². The molecule has 4 atom stereocenters. The van der Waals surface area contributed by atoms with E-state index in [4.69, 9.17) is 5.73 Å². The van der Waals surface area contributed by atoms with Crippen molar-refractivity contribution in [2.45, 2.75) is 49.4 Å². The largest absolute Gasteiger partial charge is 0.508 e. The predicted molar refractivity (Wildman–Crippen MR) is 112 cm³/mol. The number of H-pyrrole nitrogens is 1. The second-order valence-corrected chi connectivity index (χ2v) is 9.69. The number of pyridine rings is 1. The van der Waals surface area contributed by atoms with Gasteiger partial charge in [0.15, 0.2) is 0 Å². The Hall–Kier alpha value is -2.85. The first-order chi connectivity index (χ1) is 15.3. The van der Waals surface area contributed by atoms with Crippen LogP contribution in [-0.2, 0) is 18.3 Å². The van der Waals surface area contributed by atoms with Crippen LogP contribution in [0, 0.1) is 12.8 Å². The van der Waals surface area contributed by atoms with E-state index < -0.39 is 41.2 Å². The molecule has 5 rings (SSSR count). The number of fused-ring (bicyclic) bond motifs is 4. The van der Waals surface area contributed by atoms with Gasteiger partial charge >= 0.3 is 6.18 Å². The standard InChI is InChI=1S/C23H24F3N3O4/c1-11-2-3-14(30)5-16(11)21-6-13-9-29(10-23(24,25)26)18(13)22(21,33)7-12-4-15(19(27)31)20(32)28-17(12)8-21/h2-5,13,18,30,33H,6-10H2,1H3,(H2,27,31)(H,28,32)/t13?,18-,21-,22-/m1/s1. The summed E-state index contributed by atoms with van der Waals surface area (Å²) in [6.07, 6.45) is -3.90. The van der Waals surface area contributed by atoms with Crippen molar-refractivity contribution in [1.29, 1.82) is 0 Å². The van der Waals surface area contributed by atoms with Gasteiger partial charge in [-0.2, -0.15) is 13.2 Å². The average Bonchev–Trinajstić information content (AvgIpc) is 2.88. The van der Waals surface area contributed by atoms with E-state index >= 15 is 0 Å². The van der Waals surface area contributed by atoms with Gasteiger partial charge in [0.2, 0.25) is 0 Å². The van der Waals surface area contributed by atoms with Crippen molar-refractivity contribution < 1.29 is 28.2 Å². The van der Waals surface area contributed by atoms with Crippen molar-refractivity contribution >= 4 is 5.91 Å². The highest BCUT2D eigenvalue weighted by Crippen LogP contribution is 2.62. The lowest BCUT2D eigenvalue weighted by Crippen LogP contribution is -2.69. The molecule has 0 spiro atoms. The normalized spacial score (nSPS) is 30.8. The van der Waals surface area contributed by atoms with Crippen molar-refractivity contribution in [2.75, 3.05) is 13.1 Å². The van der Waals surface area contributed by atoms with E-state index in [9.17, 15) is 33.0 Å². The number of hydrogen-bond acceptors (Lipinski definition) is 5. The third-order valence-electron chi connectivity index (χ3n) is 7.78. The van der Waals surface area contributed by atoms with Crippen LogP contribution in [0.1, 0.15) is 39.2 Å².